The fourth-order valence-electron chi connectivity index (χ4n) is 8.15. The fraction of sp³-hybridized carbons (Fsp3) is 0.462. The highest BCUT2D eigenvalue weighted by molar-refractivity contribution is 5.90. The average Bonchev–Trinajstić information content (AvgIpc) is 3.28. The van der Waals surface area contributed by atoms with Gasteiger partial charge in [-0.25, -0.2) is 4.39 Å². The number of nitrogens with zero attached hydrogens (tertiary/aromatic N) is 2. The molecule has 1 fully saturated rings. The number of aliphatic hydroxyl groups is 2. The molecule has 2 aliphatic carbocycles. The van der Waals surface area contributed by atoms with Crippen molar-refractivity contribution in [3.63, 3.8) is 0 Å². The van der Waals surface area contributed by atoms with E-state index < -0.39 is 23.2 Å². The summed E-state index contributed by atoms with van der Waals surface area (Å²) in [5, 5.41) is 34.8. The number of aliphatic hydroxyl groups excluding tert-OH is 1. The van der Waals surface area contributed by atoms with Gasteiger partial charge in [-0.2, -0.15) is 0 Å². The van der Waals surface area contributed by atoms with E-state index >= 15 is 0 Å². The van der Waals surface area contributed by atoms with E-state index in [1.807, 2.05) is 6.07 Å². The van der Waals surface area contributed by atoms with Crippen LogP contribution in [-0.2, 0) is 24.8 Å². The minimum atomic E-state index is -1.11. The SMILES string of the molecule is CN1CC[C@]23c4c5ccc(O)c4O[C@@H]2c2c(c4cc(F)cc6c4n2CC[C@H]6O)C[C@@]3(O)[C@@H]1C5. The highest BCUT2D eigenvalue weighted by Gasteiger charge is 2.72. The maximum Gasteiger partial charge on any atom is 0.166 e. The number of aryl methyl sites for hydroxylation is 1. The molecule has 3 aromatic rings. The van der Waals surface area contributed by atoms with E-state index in [2.05, 4.69) is 16.5 Å². The van der Waals surface area contributed by atoms with Crippen LogP contribution >= 0.6 is 0 Å². The lowest BCUT2D eigenvalue weighted by molar-refractivity contribution is -0.168. The number of benzene rings is 2. The monoisotopic (exact) mass is 448 g/mol. The molecule has 4 heterocycles. The van der Waals surface area contributed by atoms with Crippen LogP contribution in [0, 0.1) is 5.82 Å². The molecule has 0 radical (unpaired) electrons. The molecule has 8 rings (SSSR count). The lowest BCUT2D eigenvalue weighted by atomic mass is 9.49. The van der Waals surface area contributed by atoms with Gasteiger partial charge >= 0.3 is 0 Å². The molecule has 3 aliphatic heterocycles. The van der Waals surface area contributed by atoms with Crippen LogP contribution in [0.3, 0.4) is 0 Å². The first-order valence-corrected chi connectivity index (χ1v) is 11.8. The summed E-state index contributed by atoms with van der Waals surface area (Å²) < 4.78 is 23.5. The Morgan fingerprint density at radius 1 is 1.21 bits per heavy atom. The van der Waals surface area contributed by atoms with E-state index in [9.17, 15) is 19.7 Å². The number of rotatable bonds is 0. The Kier molecular flexibility index (Phi) is 3.15. The molecule has 1 spiro atoms. The summed E-state index contributed by atoms with van der Waals surface area (Å²) in [5.41, 5.74) is 3.67. The van der Waals surface area contributed by atoms with Crippen LogP contribution in [0.5, 0.6) is 11.5 Å². The minimum Gasteiger partial charge on any atom is -0.504 e. The van der Waals surface area contributed by atoms with Gasteiger partial charge < -0.3 is 29.5 Å². The van der Waals surface area contributed by atoms with Gasteiger partial charge in [0.15, 0.2) is 17.6 Å². The van der Waals surface area contributed by atoms with E-state index in [1.54, 1.807) is 12.1 Å². The maximum atomic E-state index is 14.7. The van der Waals surface area contributed by atoms with Crippen molar-refractivity contribution in [1.82, 2.24) is 9.47 Å². The minimum absolute atomic E-state index is 0.101. The first kappa shape index (κ1) is 18.8. The molecular formula is C26H25FN2O4. The lowest BCUT2D eigenvalue weighted by Crippen LogP contribution is -2.74. The number of likely N-dealkylation sites (tertiary alicyclic amines) is 1. The zero-order chi connectivity index (χ0) is 22.4. The van der Waals surface area contributed by atoms with Crippen molar-refractivity contribution in [2.75, 3.05) is 13.6 Å². The van der Waals surface area contributed by atoms with Gasteiger partial charge in [0.05, 0.1) is 28.3 Å². The van der Waals surface area contributed by atoms with Gasteiger partial charge in [-0.05, 0) is 62.2 Å². The van der Waals surface area contributed by atoms with Crippen molar-refractivity contribution >= 4 is 10.9 Å². The van der Waals surface area contributed by atoms with Crippen molar-refractivity contribution in [1.29, 1.82) is 0 Å². The van der Waals surface area contributed by atoms with Gasteiger partial charge in [0.1, 0.15) is 5.82 Å². The van der Waals surface area contributed by atoms with E-state index in [0.717, 1.165) is 46.3 Å². The zero-order valence-corrected chi connectivity index (χ0v) is 18.3. The number of aromatic hydroxyl groups is 1. The summed E-state index contributed by atoms with van der Waals surface area (Å²) in [5.74, 6) is 0.227. The largest absolute Gasteiger partial charge is 0.504 e. The van der Waals surface area contributed by atoms with Crippen LogP contribution < -0.4 is 4.74 Å². The summed E-state index contributed by atoms with van der Waals surface area (Å²) >= 11 is 0. The van der Waals surface area contributed by atoms with Crippen molar-refractivity contribution in [2.45, 2.75) is 61.5 Å². The first-order valence-electron chi connectivity index (χ1n) is 11.8. The average molecular weight is 448 g/mol. The van der Waals surface area contributed by atoms with Crippen molar-refractivity contribution < 1.29 is 24.4 Å². The highest BCUT2D eigenvalue weighted by Crippen LogP contribution is 2.69. The third-order valence-electron chi connectivity index (χ3n) is 9.46. The van der Waals surface area contributed by atoms with Gasteiger partial charge in [-0.1, -0.05) is 6.07 Å². The van der Waals surface area contributed by atoms with Gasteiger partial charge in [0, 0.05) is 35.5 Å². The van der Waals surface area contributed by atoms with Gasteiger partial charge in [0.25, 0.3) is 0 Å². The summed E-state index contributed by atoms with van der Waals surface area (Å²) in [6.45, 7) is 1.44. The van der Waals surface area contributed by atoms with E-state index in [-0.39, 0.29) is 17.6 Å². The maximum absolute atomic E-state index is 14.7. The van der Waals surface area contributed by atoms with Crippen LogP contribution in [0.1, 0.15) is 53.0 Å². The van der Waals surface area contributed by atoms with Crippen molar-refractivity contribution in [2.24, 2.45) is 0 Å². The third kappa shape index (κ3) is 1.84. The molecule has 5 atom stereocenters. The normalized spacial score (nSPS) is 35.3. The number of ether oxygens (including phenoxy) is 1. The molecular weight excluding hydrogens is 423 g/mol. The van der Waals surface area contributed by atoms with Crippen LogP contribution in [0.25, 0.3) is 10.9 Å². The Balaban J connectivity index is 1.52. The summed E-state index contributed by atoms with van der Waals surface area (Å²) in [4.78, 5) is 2.24. The van der Waals surface area contributed by atoms with Gasteiger partial charge in [0.2, 0.25) is 0 Å². The summed E-state index contributed by atoms with van der Waals surface area (Å²) in [7, 11) is 2.06. The van der Waals surface area contributed by atoms with Gasteiger partial charge in [-0.3, -0.25) is 0 Å². The van der Waals surface area contributed by atoms with Crippen LogP contribution in [0.2, 0.25) is 0 Å². The molecule has 1 aromatic heterocycles. The molecule has 3 N–H and O–H groups in total. The fourth-order valence-corrected chi connectivity index (χ4v) is 8.15. The molecule has 2 aromatic carbocycles. The smallest absolute Gasteiger partial charge is 0.166 e. The second kappa shape index (κ2) is 5.54. The lowest BCUT2D eigenvalue weighted by Gasteiger charge is -2.62. The third-order valence-corrected chi connectivity index (χ3v) is 9.46. The zero-order valence-electron chi connectivity index (χ0n) is 18.3. The first-order chi connectivity index (χ1) is 15.8. The molecule has 33 heavy (non-hydrogen) atoms. The molecule has 7 heteroatoms. The van der Waals surface area contributed by atoms with Crippen LogP contribution in [-0.4, -0.2) is 50.0 Å². The number of likely N-dealkylation sites (N-methyl/N-ethyl adjacent to an activating group) is 1. The number of piperidine rings is 1. The molecule has 0 unspecified atom stereocenters. The Morgan fingerprint density at radius 2 is 2.06 bits per heavy atom. The second-order valence-electron chi connectivity index (χ2n) is 10.7. The number of phenolic OH excluding ortho intramolecular Hbond substituents is 1. The number of aromatic nitrogens is 1. The topological polar surface area (TPSA) is 78.1 Å². The number of hydrogen-bond acceptors (Lipinski definition) is 5. The van der Waals surface area contributed by atoms with Crippen molar-refractivity contribution in [3.05, 3.63) is 58.0 Å². The molecule has 1 saturated heterocycles. The van der Waals surface area contributed by atoms with Crippen LogP contribution in [0.15, 0.2) is 24.3 Å². The number of fused-ring (bicyclic) bond motifs is 4. The summed E-state index contributed by atoms with van der Waals surface area (Å²) in [6.07, 6.45) is 1.12. The second-order valence-corrected chi connectivity index (χ2v) is 10.7. The van der Waals surface area contributed by atoms with E-state index in [0.29, 0.717) is 37.1 Å². The molecule has 170 valence electrons. The predicted molar refractivity (Wildman–Crippen MR) is 118 cm³/mol. The highest BCUT2D eigenvalue weighted by atomic mass is 19.1. The standard InChI is InChI=1S/C26H25FN2O4/c1-28-7-5-25-20-12-2-3-18(31)23(20)33-24(25)22-16(11-26(25,32)19(28)8-12)14-9-13(27)10-15-17(30)4-6-29(22)21(14)15/h2-3,9-10,17,19,24,30-32H,4-8,11H2,1H3/t17-,19+,24-,25+,26-/m1/s1. The van der Waals surface area contributed by atoms with Crippen molar-refractivity contribution in [3.8, 4) is 11.5 Å². The van der Waals surface area contributed by atoms with Crippen LogP contribution in [0.4, 0.5) is 4.39 Å². The quantitative estimate of drug-likeness (QED) is 0.493. The molecule has 6 nitrogen and oxygen atoms in total. The number of hydrogen-bond donors (Lipinski definition) is 3. The Hall–Kier alpha value is -2.61. The molecule has 5 aliphatic rings. The van der Waals surface area contributed by atoms with E-state index in [4.69, 9.17) is 4.74 Å². The Morgan fingerprint density at radius 3 is 2.91 bits per heavy atom. The number of phenols is 1. The summed E-state index contributed by atoms with van der Waals surface area (Å²) in [6, 6.07) is 6.56. The number of halogens is 1. The predicted octanol–water partition coefficient (Wildman–Crippen LogP) is 2.84. The Labute approximate surface area is 189 Å². The van der Waals surface area contributed by atoms with E-state index in [1.165, 1.54) is 6.07 Å². The van der Waals surface area contributed by atoms with Gasteiger partial charge in [-0.15, -0.1) is 0 Å². The molecule has 2 bridgehead atoms. The Bertz CT molecular complexity index is 1420. The molecule has 0 amide bonds. The molecule has 0 saturated carbocycles.